The van der Waals surface area contributed by atoms with Crippen molar-refractivity contribution in [3.05, 3.63) is 21.7 Å². The lowest BCUT2D eigenvalue weighted by Gasteiger charge is -2.14. The predicted octanol–water partition coefficient (Wildman–Crippen LogP) is 2.93. The molecule has 0 spiro atoms. The topological polar surface area (TPSA) is 52.3 Å². The highest BCUT2D eigenvalue weighted by molar-refractivity contribution is 6.42. The normalized spacial score (nSPS) is 17.5. The SMILES string of the molecule is CC1(C)Oc2cc(Cl)c(N)c(Cl)c2C1=O. The average molecular weight is 246 g/mol. The molecule has 0 amide bonds. The van der Waals surface area contributed by atoms with E-state index in [4.69, 9.17) is 33.7 Å². The van der Waals surface area contributed by atoms with Crippen molar-refractivity contribution in [3.63, 3.8) is 0 Å². The van der Waals surface area contributed by atoms with Crippen molar-refractivity contribution in [3.8, 4) is 5.75 Å². The molecule has 3 nitrogen and oxygen atoms in total. The lowest BCUT2D eigenvalue weighted by molar-refractivity contribution is 0.0684. The molecular weight excluding hydrogens is 237 g/mol. The van der Waals surface area contributed by atoms with Gasteiger partial charge in [0.05, 0.1) is 21.3 Å². The second-order valence-electron chi connectivity index (χ2n) is 3.90. The molecule has 0 saturated heterocycles. The van der Waals surface area contributed by atoms with Gasteiger partial charge in [-0.15, -0.1) is 0 Å². The fourth-order valence-corrected chi connectivity index (χ4v) is 2.05. The van der Waals surface area contributed by atoms with Gasteiger partial charge in [0.25, 0.3) is 0 Å². The Bertz CT molecular complexity index is 469. The Labute approximate surface area is 97.1 Å². The molecule has 1 heterocycles. The highest BCUT2D eigenvalue weighted by atomic mass is 35.5. The van der Waals surface area contributed by atoms with Crippen LogP contribution in [-0.2, 0) is 0 Å². The summed E-state index contributed by atoms with van der Waals surface area (Å²) in [7, 11) is 0. The molecular formula is C10H9Cl2NO2. The van der Waals surface area contributed by atoms with E-state index >= 15 is 0 Å². The van der Waals surface area contributed by atoms with Gasteiger partial charge in [0.1, 0.15) is 5.75 Å². The highest BCUT2D eigenvalue weighted by Gasteiger charge is 2.42. The molecule has 1 aliphatic heterocycles. The van der Waals surface area contributed by atoms with Gasteiger partial charge >= 0.3 is 0 Å². The lowest BCUT2D eigenvalue weighted by Crippen LogP contribution is -2.32. The Morgan fingerprint density at radius 1 is 1.40 bits per heavy atom. The summed E-state index contributed by atoms with van der Waals surface area (Å²) >= 11 is 11.8. The summed E-state index contributed by atoms with van der Waals surface area (Å²) in [6, 6.07) is 1.52. The zero-order chi connectivity index (χ0) is 11.4. The van der Waals surface area contributed by atoms with Crippen LogP contribution < -0.4 is 10.5 Å². The maximum absolute atomic E-state index is 11.9. The van der Waals surface area contributed by atoms with Crippen LogP contribution in [0.5, 0.6) is 5.75 Å². The van der Waals surface area contributed by atoms with Crippen molar-refractivity contribution >= 4 is 34.7 Å². The minimum absolute atomic E-state index is 0.174. The summed E-state index contributed by atoms with van der Waals surface area (Å²) in [6.45, 7) is 3.35. The molecule has 1 aromatic carbocycles. The number of hydrogen-bond donors (Lipinski definition) is 1. The van der Waals surface area contributed by atoms with E-state index in [2.05, 4.69) is 0 Å². The summed E-state index contributed by atoms with van der Waals surface area (Å²) in [5, 5.41) is 0.470. The van der Waals surface area contributed by atoms with Gasteiger partial charge in [-0.05, 0) is 13.8 Å². The molecule has 0 unspecified atom stereocenters. The summed E-state index contributed by atoms with van der Waals surface area (Å²) in [5.41, 5.74) is 5.27. The zero-order valence-corrected chi connectivity index (χ0v) is 9.74. The maximum Gasteiger partial charge on any atom is 0.211 e. The second kappa shape index (κ2) is 3.03. The van der Waals surface area contributed by atoms with Crippen molar-refractivity contribution in [1.82, 2.24) is 0 Å². The van der Waals surface area contributed by atoms with E-state index in [-0.39, 0.29) is 16.5 Å². The Morgan fingerprint density at radius 2 is 2.00 bits per heavy atom. The number of ketones is 1. The number of nitrogen functional groups attached to an aromatic ring is 1. The van der Waals surface area contributed by atoms with E-state index in [0.717, 1.165) is 0 Å². The van der Waals surface area contributed by atoms with Crippen LogP contribution in [0.25, 0.3) is 0 Å². The van der Waals surface area contributed by atoms with Crippen LogP contribution in [0.3, 0.4) is 0 Å². The van der Waals surface area contributed by atoms with Crippen LogP contribution in [0.2, 0.25) is 10.0 Å². The molecule has 80 valence electrons. The van der Waals surface area contributed by atoms with E-state index in [1.807, 2.05) is 0 Å². The van der Waals surface area contributed by atoms with Crippen molar-refractivity contribution in [2.45, 2.75) is 19.4 Å². The van der Waals surface area contributed by atoms with Crippen LogP contribution >= 0.6 is 23.2 Å². The highest BCUT2D eigenvalue weighted by Crippen LogP contribution is 2.44. The number of fused-ring (bicyclic) bond motifs is 1. The van der Waals surface area contributed by atoms with Crippen LogP contribution in [-0.4, -0.2) is 11.4 Å². The minimum Gasteiger partial charge on any atom is -0.479 e. The molecule has 0 aromatic heterocycles. The summed E-state index contributed by atoms with van der Waals surface area (Å²) in [4.78, 5) is 11.9. The third-order valence-electron chi connectivity index (χ3n) is 2.36. The molecule has 0 aliphatic carbocycles. The van der Waals surface area contributed by atoms with E-state index in [1.54, 1.807) is 13.8 Å². The number of anilines is 1. The number of Topliss-reactive ketones (excluding diaryl/α,β-unsaturated/α-hetero) is 1. The first-order valence-corrected chi connectivity index (χ1v) is 5.11. The zero-order valence-electron chi connectivity index (χ0n) is 8.23. The van der Waals surface area contributed by atoms with Gasteiger partial charge in [-0.3, -0.25) is 4.79 Å². The van der Waals surface area contributed by atoms with Gasteiger partial charge in [0.2, 0.25) is 5.78 Å². The largest absolute Gasteiger partial charge is 0.479 e. The monoisotopic (exact) mass is 245 g/mol. The van der Waals surface area contributed by atoms with E-state index in [1.165, 1.54) is 6.07 Å². The fourth-order valence-electron chi connectivity index (χ4n) is 1.53. The number of carbonyl (C=O) groups is 1. The number of ether oxygens (including phenoxy) is 1. The van der Waals surface area contributed by atoms with Crippen LogP contribution in [0.4, 0.5) is 5.69 Å². The summed E-state index contributed by atoms with van der Waals surface area (Å²) in [5.74, 6) is 0.222. The van der Waals surface area contributed by atoms with Crippen molar-refractivity contribution in [2.24, 2.45) is 0 Å². The first-order valence-electron chi connectivity index (χ1n) is 4.36. The number of nitrogens with two attached hydrogens (primary N) is 1. The van der Waals surface area contributed by atoms with Crippen LogP contribution in [0, 0.1) is 0 Å². The lowest BCUT2D eigenvalue weighted by atomic mass is 9.99. The second-order valence-corrected chi connectivity index (χ2v) is 4.69. The summed E-state index contributed by atoms with van der Waals surface area (Å²) < 4.78 is 5.45. The van der Waals surface area contributed by atoms with Crippen molar-refractivity contribution < 1.29 is 9.53 Å². The van der Waals surface area contributed by atoms with Gasteiger partial charge in [-0.2, -0.15) is 0 Å². The van der Waals surface area contributed by atoms with Gasteiger partial charge < -0.3 is 10.5 Å². The molecule has 1 aromatic rings. The van der Waals surface area contributed by atoms with E-state index in [9.17, 15) is 4.79 Å². The third-order valence-corrected chi connectivity index (χ3v) is 3.06. The Kier molecular flexibility index (Phi) is 2.14. The number of halogens is 2. The van der Waals surface area contributed by atoms with Crippen molar-refractivity contribution in [2.75, 3.05) is 5.73 Å². The first-order chi connectivity index (χ1) is 6.84. The predicted molar refractivity (Wildman–Crippen MR) is 59.9 cm³/mol. The Hall–Kier alpha value is -0.930. The molecule has 15 heavy (non-hydrogen) atoms. The molecule has 5 heteroatoms. The van der Waals surface area contributed by atoms with Gasteiger partial charge in [0, 0.05) is 6.07 Å². The van der Waals surface area contributed by atoms with Crippen LogP contribution in [0.15, 0.2) is 6.07 Å². The molecule has 0 radical (unpaired) electrons. The van der Waals surface area contributed by atoms with Gasteiger partial charge in [0.15, 0.2) is 5.60 Å². The minimum atomic E-state index is -0.900. The van der Waals surface area contributed by atoms with Crippen LogP contribution in [0.1, 0.15) is 24.2 Å². The maximum atomic E-state index is 11.9. The smallest absolute Gasteiger partial charge is 0.211 e. The Balaban J connectivity index is 2.72. The molecule has 0 atom stereocenters. The van der Waals surface area contributed by atoms with Crippen molar-refractivity contribution in [1.29, 1.82) is 0 Å². The standard InChI is InChI=1S/C10H9Cl2NO2/c1-10(2)9(14)6-5(15-10)3-4(11)8(13)7(6)12/h3H,13H2,1-2H3. The number of carbonyl (C=O) groups excluding carboxylic acids is 1. The molecule has 2 N–H and O–H groups in total. The molecule has 0 bridgehead atoms. The third kappa shape index (κ3) is 1.38. The molecule has 0 fully saturated rings. The number of rotatable bonds is 0. The number of hydrogen-bond acceptors (Lipinski definition) is 3. The number of benzene rings is 1. The van der Waals surface area contributed by atoms with E-state index in [0.29, 0.717) is 16.3 Å². The molecule has 0 saturated carbocycles. The Morgan fingerprint density at radius 3 is 2.60 bits per heavy atom. The average Bonchev–Trinajstić information content (AvgIpc) is 2.34. The quantitative estimate of drug-likeness (QED) is 0.716. The fraction of sp³-hybridized carbons (Fsp3) is 0.300. The molecule has 1 aliphatic rings. The first kappa shape index (κ1) is 10.6. The summed E-state index contributed by atoms with van der Waals surface area (Å²) in [6.07, 6.45) is 0. The molecule has 2 rings (SSSR count). The van der Waals surface area contributed by atoms with E-state index < -0.39 is 5.60 Å². The van der Waals surface area contributed by atoms with Gasteiger partial charge in [-0.1, -0.05) is 23.2 Å². The van der Waals surface area contributed by atoms with Gasteiger partial charge in [-0.25, -0.2) is 0 Å².